The van der Waals surface area contributed by atoms with Crippen LogP contribution in [0, 0.1) is 0 Å². The lowest BCUT2D eigenvalue weighted by Gasteiger charge is -2.14. The Hall–Kier alpha value is -1.76. The molecule has 0 saturated heterocycles. The van der Waals surface area contributed by atoms with E-state index in [-0.39, 0.29) is 21.3 Å². The molecule has 0 aliphatic rings. The van der Waals surface area contributed by atoms with Gasteiger partial charge < -0.3 is 0 Å². The molecule has 0 spiro atoms. The molecule has 0 N–H and O–H groups in total. The monoisotopic (exact) mass is 606 g/mol. The molecule has 0 fully saturated rings. The molecule has 0 heterocycles. The van der Waals surface area contributed by atoms with Crippen molar-refractivity contribution in [1.29, 1.82) is 0 Å². The first-order valence-electron chi connectivity index (χ1n) is 12.7. The Labute approximate surface area is 228 Å². The smallest absolute Gasteiger partial charge is 0.195 e. The van der Waals surface area contributed by atoms with Gasteiger partial charge >= 0.3 is 0 Å². The molecule has 2 aromatic rings. The van der Waals surface area contributed by atoms with Crippen LogP contribution in [0.15, 0.2) is 70.5 Å². The van der Waals surface area contributed by atoms with E-state index in [4.69, 9.17) is 0 Å². The summed E-state index contributed by atoms with van der Waals surface area (Å²) in [6, 6.07) is 15.1. The standard InChI is InChI=1S/C26H38O8S4/c1-23(37(31,32)25-17-11-9-12-18-25)35(27,28)21-15-7-5-3-4-6-8-16-22-36(29,30)24(2)38(33,34)26-19-13-10-14-20-26/h9-14,17-20,23-24H,3-8,15-16,21-22H2,1-2H3. The zero-order valence-electron chi connectivity index (χ0n) is 21.9. The predicted molar refractivity (Wildman–Crippen MR) is 151 cm³/mol. The van der Waals surface area contributed by atoms with Gasteiger partial charge in [0.1, 0.15) is 0 Å². The first-order chi connectivity index (χ1) is 17.7. The van der Waals surface area contributed by atoms with Gasteiger partial charge in [-0.15, -0.1) is 0 Å². The van der Waals surface area contributed by atoms with Crippen molar-refractivity contribution in [1.82, 2.24) is 0 Å². The fourth-order valence-corrected chi connectivity index (χ4v) is 12.0. The van der Waals surface area contributed by atoms with Gasteiger partial charge in [0.2, 0.25) is 0 Å². The van der Waals surface area contributed by atoms with Crippen molar-refractivity contribution >= 4 is 39.3 Å². The summed E-state index contributed by atoms with van der Waals surface area (Å²) in [6.07, 6.45) is 5.35. The summed E-state index contributed by atoms with van der Waals surface area (Å²) < 4.78 is 97.7. The van der Waals surface area contributed by atoms with Crippen molar-refractivity contribution in [3.05, 3.63) is 60.7 Å². The highest BCUT2D eigenvalue weighted by Gasteiger charge is 2.35. The third-order valence-electron chi connectivity index (χ3n) is 6.64. The minimum absolute atomic E-state index is 0.00356. The van der Waals surface area contributed by atoms with Crippen molar-refractivity contribution in [3.63, 3.8) is 0 Å². The van der Waals surface area contributed by atoms with E-state index in [0.717, 1.165) is 25.7 Å². The SMILES string of the molecule is CC(S(=O)(=O)CCCCCCCCCCS(=O)(=O)C(C)S(=O)(=O)c1ccccc1)S(=O)(=O)c1ccccc1. The number of benzene rings is 2. The van der Waals surface area contributed by atoms with E-state index in [1.165, 1.54) is 38.1 Å². The molecule has 0 radical (unpaired) electrons. The normalized spacial score (nSPS) is 14.7. The van der Waals surface area contributed by atoms with Crippen molar-refractivity contribution in [3.8, 4) is 0 Å². The van der Waals surface area contributed by atoms with Crippen molar-refractivity contribution < 1.29 is 33.7 Å². The molecule has 2 unspecified atom stereocenters. The molecule has 38 heavy (non-hydrogen) atoms. The van der Waals surface area contributed by atoms with Crippen LogP contribution in [0.5, 0.6) is 0 Å². The van der Waals surface area contributed by atoms with Gasteiger partial charge in [-0.25, -0.2) is 33.7 Å². The van der Waals surface area contributed by atoms with Crippen LogP contribution >= 0.6 is 0 Å². The summed E-state index contributed by atoms with van der Waals surface area (Å²) in [7, 11) is -15.5. The second-order valence-electron chi connectivity index (χ2n) is 9.41. The Bertz CT molecular complexity index is 1320. The predicted octanol–water partition coefficient (Wildman–Crippen LogP) is 4.58. The molecule has 2 rings (SSSR count). The van der Waals surface area contributed by atoms with Crippen molar-refractivity contribution in [2.24, 2.45) is 0 Å². The minimum Gasteiger partial charge on any atom is -0.227 e. The highest BCUT2D eigenvalue weighted by atomic mass is 32.3. The molecule has 12 heteroatoms. The summed E-state index contributed by atoms with van der Waals surface area (Å²) in [5, 5.41) is 0. The maximum atomic E-state index is 12.6. The summed E-state index contributed by atoms with van der Waals surface area (Å²) >= 11 is 0. The summed E-state index contributed by atoms with van der Waals surface area (Å²) in [4.78, 5) is -0.00713. The summed E-state index contributed by atoms with van der Waals surface area (Å²) in [5.41, 5.74) is 0. The second kappa shape index (κ2) is 14.0. The van der Waals surface area contributed by atoms with Crippen molar-refractivity contribution in [2.75, 3.05) is 11.5 Å². The Morgan fingerprint density at radius 3 is 1.00 bits per heavy atom. The van der Waals surface area contributed by atoms with Gasteiger partial charge in [-0.2, -0.15) is 0 Å². The topological polar surface area (TPSA) is 137 Å². The first kappa shape index (κ1) is 32.5. The highest BCUT2D eigenvalue weighted by molar-refractivity contribution is 8.09. The first-order valence-corrected chi connectivity index (χ1v) is 19.3. The zero-order valence-corrected chi connectivity index (χ0v) is 25.2. The lowest BCUT2D eigenvalue weighted by molar-refractivity contribution is 0.559. The van der Waals surface area contributed by atoms with Gasteiger partial charge in [0, 0.05) is 0 Å². The van der Waals surface area contributed by atoms with Gasteiger partial charge in [0.25, 0.3) is 0 Å². The van der Waals surface area contributed by atoms with Crippen LogP contribution < -0.4 is 0 Å². The number of unbranched alkanes of at least 4 members (excludes halogenated alkanes) is 7. The van der Waals surface area contributed by atoms with Crippen molar-refractivity contribution in [2.45, 2.75) is 84.2 Å². The van der Waals surface area contributed by atoms with E-state index >= 15 is 0 Å². The van der Waals surface area contributed by atoms with E-state index in [9.17, 15) is 33.7 Å². The van der Waals surface area contributed by atoms with Crippen LogP contribution in [0.25, 0.3) is 0 Å². The lowest BCUT2D eigenvalue weighted by atomic mass is 10.1. The molecular weight excluding hydrogens is 569 g/mol. The van der Waals surface area contributed by atoms with Crippen LogP contribution in [0.4, 0.5) is 0 Å². The number of sulfone groups is 4. The molecule has 0 aliphatic carbocycles. The van der Waals surface area contributed by atoms with E-state index in [1.807, 2.05) is 0 Å². The summed E-state index contributed by atoms with van der Waals surface area (Å²) in [5.74, 6) is -0.385. The molecule has 8 nitrogen and oxygen atoms in total. The number of rotatable bonds is 17. The maximum Gasteiger partial charge on any atom is 0.195 e. The zero-order chi connectivity index (χ0) is 28.5. The highest BCUT2D eigenvalue weighted by Crippen LogP contribution is 2.23. The Kier molecular flexibility index (Phi) is 12.0. The molecule has 0 aromatic heterocycles. The Morgan fingerprint density at radius 2 is 0.711 bits per heavy atom. The molecule has 0 saturated carbocycles. The second-order valence-corrected chi connectivity index (χ2v) is 19.4. The molecule has 0 bridgehead atoms. The summed E-state index contributed by atoms with van der Waals surface area (Å²) in [6.45, 7) is 2.44. The van der Waals surface area contributed by atoms with Crippen LogP contribution in [0.2, 0.25) is 0 Å². The molecular formula is C26H38O8S4. The van der Waals surface area contributed by atoms with Crippen LogP contribution in [-0.4, -0.2) is 54.3 Å². The minimum atomic E-state index is -3.96. The van der Waals surface area contributed by atoms with Gasteiger partial charge in [0.15, 0.2) is 48.5 Å². The lowest BCUT2D eigenvalue weighted by Crippen LogP contribution is -2.29. The fourth-order valence-electron chi connectivity index (χ4n) is 3.99. The average molecular weight is 607 g/mol. The molecule has 2 aromatic carbocycles. The van der Waals surface area contributed by atoms with Gasteiger partial charge in [-0.3, -0.25) is 0 Å². The van der Waals surface area contributed by atoms with Gasteiger partial charge in [0.05, 0.1) is 21.3 Å². The molecule has 0 aliphatic heterocycles. The quantitative estimate of drug-likeness (QED) is 0.239. The molecule has 0 amide bonds. The van der Waals surface area contributed by atoms with E-state index in [0.29, 0.717) is 25.7 Å². The largest absolute Gasteiger partial charge is 0.227 e. The number of hydrogen-bond donors (Lipinski definition) is 0. The van der Waals surface area contributed by atoms with Crippen LogP contribution in [0.3, 0.4) is 0 Å². The van der Waals surface area contributed by atoms with Crippen LogP contribution in [0.1, 0.15) is 65.2 Å². The average Bonchev–Trinajstić information content (AvgIpc) is 2.89. The van der Waals surface area contributed by atoms with Crippen LogP contribution in [-0.2, 0) is 39.3 Å². The molecule has 2 atom stereocenters. The fraction of sp³-hybridized carbons (Fsp3) is 0.538. The Balaban J connectivity index is 1.65. The third kappa shape index (κ3) is 8.89. The van der Waals surface area contributed by atoms with Gasteiger partial charge in [-0.05, 0) is 51.0 Å². The molecule has 214 valence electrons. The third-order valence-corrected chi connectivity index (χ3v) is 17.3. The Morgan fingerprint density at radius 1 is 0.447 bits per heavy atom. The maximum absolute atomic E-state index is 12.6. The number of hydrogen-bond acceptors (Lipinski definition) is 8. The van der Waals surface area contributed by atoms with Gasteiger partial charge in [-0.1, -0.05) is 74.9 Å². The van der Waals surface area contributed by atoms with E-state index < -0.39 is 48.5 Å². The van der Waals surface area contributed by atoms with E-state index in [1.54, 1.807) is 36.4 Å². The van der Waals surface area contributed by atoms with E-state index in [2.05, 4.69) is 0 Å².